The molecule has 1 fully saturated rings. The molecular formula is C16H18FN3O. The Morgan fingerprint density at radius 2 is 1.95 bits per heavy atom. The van der Waals surface area contributed by atoms with Crippen LogP contribution in [0.1, 0.15) is 5.56 Å². The molecule has 110 valence electrons. The summed E-state index contributed by atoms with van der Waals surface area (Å²) in [6.07, 6.45) is 0. The van der Waals surface area contributed by atoms with E-state index in [1.54, 1.807) is 0 Å². The van der Waals surface area contributed by atoms with Gasteiger partial charge in [-0.1, -0.05) is 6.07 Å². The normalized spacial score (nSPS) is 15.2. The number of benzene rings is 1. The van der Waals surface area contributed by atoms with Gasteiger partial charge in [0.1, 0.15) is 5.82 Å². The molecule has 2 aromatic rings. The van der Waals surface area contributed by atoms with Gasteiger partial charge in [-0.05, 0) is 41.8 Å². The van der Waals surface area contributed by atoms with Gasteiger partial charge in [-0.3, -0.25) is 0 Å². The molecule has 0 saturated carbocycles. The lowest BCUT2D eigenvalue weighted by atomic mass is 10.0. The predicted octanol–water partition coefficient (Wildman–Crippen LogP) is 2.61. The van der Waals surface area contributed by atoms with Crippen LogP contribution in [0.5, 0.6) is 0 Å². The van der Waals surface area contributed by atoms with Crippen LogP contribution < -0.4 is 10.6 Å². The highest BCUT2D eigenvalue weighted by Crippen LogP contribution is 2.28. The first-order valence-electron chi connectivity index (χ1n) is 7.00. The van der Waals surface area contributed by atoms with Crippen LogP contribution in [-0.4, -0.2) is 31.3 Å². The molecule has 2 heterocycles. The average molecular weight is 287 g/mol. The Bertz CT molecular complexity index is 654. The molecule has 0 bridgehead atoms. The highest BCUT2D eigenvalue weighted by atomic mass is 19.1. The fraction of sp³-hybridized carbons (Fsp3) is 0.312. The Labute approximate surface area is 123 Å². The molecule has 1 aliphatic heterocycles. The monoisotopic (exact) mass is 287 g/mol. The first-order valence-corrected chi connectivity index (χ1v) is 7.00. The van der Waals surface area contributed by atoms with E-state index >= 15 is 0 Å². The first-order chi connectivity index (χ1) is 10.1. The number of nitrogen functional groups attached to an aromatic ring is 1. The zero-order valence-electron chi connectivity index (χ0n) is 12.0. The van der Waals surface area contributed by atoms with E-state index in [0.29, 0.717) is 24.7 Å². The molecule has 0 unspecified atom stereocenters. The maximum absolute atomic E-state index is 13.9. The minimum Gasteiger partial charge on any atom is -0.399 e. The Balaban J connectivity index is 2.02. The number of hydrogen-bond donors (Lipinski definition) is 1. The number of aryl methyl sites for hydroxylation is 1. The molecule has 0 radical (unpaired) electrons. The molecule has 1 aromatic carbocycles. The van der Waals surface area contributed by atoms with Crippen molar-refractivity contribution in [1.29, 1.82) is 0 Å². The van der Waals surface area contributed by atoms with Crippen LogP contribution in [0, 0.1) is 12.9 Å². The molecule has 1 aliphatic rings. The van der Waals surface area contributed by atoms with Gasteiger partial charge in [0.2, 0.25) is 5.95 Å². The second kappa shape index (κ2) is 5.69. The van der Waals surface area contributed by atoms with E-state index < -0.39 is 5.95 Å². The van der Waals surface area contributed by atoms with Crippen molar-refractivity contribution in [3.8, 4) is 11.1 Å². The molecule has 0 spiro atoms. The summed E-state index contributed by atoms with van der Waals surface area (Å²) in [7, 11) is 0. The summed E-state index contributed by atoms with van der Waals surface area (Å²) in [4.78, 5) is 6.05. The predicted molar refractivity (Wildman–Crippen MR) is 81.8 cm³/mol. The van der Waals surface area contributed by atoms with Crippen molar-refractivity contribution in [2.45, 2.75) is 6.92 Å². The summed E-state index contributed by atoms with van der Waals surface area (Å²) in [6.45, 7) is 4.73. The number of pyridine rings is 1. The van der Waals surface area contributed by atoms with Gasteiger partial charge in [0, 0.05) is 24.8 Å². The van der Waals surface area contributed by atoms with Crippen LogP contribution in [0.25, 0.3) is 11.1 Å². The molecule has 1 saturated heterocycles. The fourth-order valence-electron chi connectivity index (χ4n) is 2.54. The lowest BCUT2D eigenvalue weighted by molar-refractivity contribution is 0.122. The number of anilines is 2. The summed E-state index contributed by atoms with van der Waals surface area (Å²) in [5, 5.41) is 0. The third-order valence-electron chi connectivity index (χ3n) is 3.69. The molecule has 2 N–H and O–H groups in total. The number of ether oxygens (including phenoxy) is 1. The second-order valence-corrected chi connectivity index (χ2v) is 5.21. The third kappa shape index (κ3) is 2.97. The van der Waals surface area contributed by atoms with Gasteiger partial charge in [0.25, 0.3) is 0 Å². The van der Waals surface area contributed by atoms with E-state index in [1.165, 1.54) is 6.07 Å². The minimum absolute atomic E-state index is 0.476. The fourth-order valence-corrected chi connectivity index (χ4v) is 2.54. The SMILES string of the molecule is Cc1ccc(N)cc1-c1cc(F)nc(N2CCOCC2)c1. The number of aromatic nitrogens is 1. The van der Waals surface area contributed by atoms with E-state index in [0.717, 1.165) is 29.8 Å². The van der Waals surface area contributed by atoms with Crippen molar-refractivity contribution in [3.63, 3.8) is 0 Å². The molecule has 0 atom stereocenters. The zero-order chi connectivity index (χ0) is 14.8. The number of nitrogens with two attached hydrogens (primary N) is 1. The number of nitrogens with zero attached hydrogens (tertiary/aromatic N) is 2. The van der Waals surface area contributed by atoms with Gasteiger partial charge in [-0.25, -0.2) is 4.98 Å². The van der Waals surface area contributed by atoms with E-state index in [4.69, 9.17) is 10.5 Å². The van der Waals surface area contributed by atoms with Crippen molar-refractivity contribution in [2.75, 3.05) is 36.9 Å². The van der Waals surface area contributed by atoms with Gasteiger partial charge >= 0.3 is 0 Å². The van der Waals surface area contributed by atoms with Crippen molar-refractivity contribution >= 4 is 11.5 Å². The third-order valence-corrected chi connectivity index (χ3v) is 3.69. The summed E-state index contributed by atoms with van der Waals surface area (Å²) in [5.74, 6) is 0.172. The number of morpholine rings is 1. The van der Waals surface area contributed by atoms with E-state index in [2.05, 4.69) is 4.98 Å². The lowest BCUT2D eigenvalue weighted by Gasteiger charge is -2.28. The summed E-state index contributed by atoms with van der Waals surface area (Å²) >= 11 is 0. The van der Waals surface area contributed by atoms with Crippen LogP contribution in [0.3, 0.4) is 0 Å². The maximum Gasteiger partial charge on any atom is 0.215 e. The average Bonchev–Trinajstić information content (AvgIpc) is 2.50. The van der Waals surface area contributed by atoms with Crippen molar-refractivity contribution in [1.82, 2.24) is 4.98 Å². The molecule has 0 aliphatic carbocycles. The van der Waals surface area contributed by atoms with Gasteiger partial charge in [0.05, 0.1) is 13.2 Å². The van der Waals surface area contributed by atoms with Gasteiger partial charge in [0.15, 0.2) is 0 Å². The zero-order valence-corrected chi connectivity index (χ0v) is 12.0. The van der Waals surface area contributed by atoms with Gasteiger partial charge < -0.3 is 15.4 Å². The van der Waals surface area contributed by atoms with Crippen LogP contribution in [0.2, 0.25) is 0 Å². The highest BCUT2D eigenvalue weighted by Gasteiger charge is 2.15. The molecule has 0 amide bonds. The Hall–Kier alpha value is -2.14. The molecule has 21 heavy (non-hydrogen) atoms. The van der Waals surface area contributed by atoms with E-state index in [1.807, 2.05) is 36.1 Å². The number of rotatable bonds is 2. The summed E-state index contributed by atoms with van der Waals surface area (Å²) in [5.41, 5.74) is 9.31. The van der Waals surface area contributed by atoms with E-state index in [9.17, 15) is 4.39 Å². The number of hydrogen-bond acceptors (Lipinski definition) is 4. The second-order valence-electron chi connectivity index (χ2n) is 5.21. The number of halogens is 1. The topological polar surface area (TPSA) is 51.4 Å². The van der Waals surface area contributed by atoms with Crippen LogP contribution >= 0.6 is 0 Å². The molecule has 3 rings (SSSR count). The highest BCUT2D eigenvalue weighted by molar-refractivity contribution is 5.72. The summed E-state index contributed by atoms with van der Waals surface area (Å²) < 4.78 is 19.2. The Kier molecular flexibility index (Phi) is 3.75. The van der Waals surface area contributed by atoms with Gasteiger partial charge in [-0.2, -0.15) is 4.39 Å². The van der Waals surface area contributed by atoms with Crippen molar-refractivity contribution < 1.29 is 9.13 Å². The maximum atomic E-state index is 13.9. The largest absolute Gasteiger partial charge is 0.399 e. The minimum atomic E-state index is -0.476. The van der Waals surface area contributed by atoms with Gasteiger partial charge in [-0.15, -0.1) is 0 Å². The smallest absolute Gasteiger partial charge is 0.215 e. The van der Waals surface area contributed by atoms with Crippen LogP contribution in [0.4, 0.5) is 15.9 Å². The molecule has 1 aromatic heterocycles. The molecular weight excluding hydrogens is 269 g/mol. The van der Waals surface area contributed by atoms with Crippen molar-refractivity contribution in [3.05, 3.63) is 41.8 Å². The quantitative estimate of drug-likeness (QED) is 0.681. The Morgan fingerprint density at radius 1 is 1.19 bits per heavy atom. The van der Waals surface area contributed by atoms with Crippen LogP contribution in [-0.2, 0) is 4.74 Å². The Morgan fingerprint density at radius 3 is 2.71 bits per heavy atom. The standard InChI is InChI=1S/C16H18FN3O/c1-11-2-3-13(18)10-14(11)12-8-15(17)19-16(9-12)20-4-6-21-7-5-20/h2-3,8-10H,4-7,18H2,1H3. The molecule has 5 heteroatoms. The summed E-state index contributed by atoms with van der Waals surface area (Å²) in [6, 6.07) is 9.02. The van der Waals surface area contributed by atoms with E-state index in [-0.39, 0.29) is 0 Å². The first kappa shape index (κ1) is 13.8. The molecule has 4 nitrogen and oxygen atoms in total. The lowest BCUT2D eigenvalue weighted by Crippen LogP contribution is -2.36. The van der Waals surface area contributed by atoms with Crippen LogP contribution in [0.15, 0.2) is 30.3 Å². The van der Waals surface area contributed by atoms with Crippen molar-refractivity contribution in [2.24, 2.45) is 0 Å².